The van der Waals surface area contributed by atoms with Gasteiger partial charge in [0, 0.05) is 35.9 Å². The van der Waals surface area contributed by atoms with Crippen LogP contribution in [0.3, 0.4) is 0 Å². The maximum atomic E-state index is 13.6. The average molecular weight is 716 g/mol. The fourth-order valence-electron chi connectivity index (χ4n) is 5.21. The summed E-state index contributed by atoms with van der Waals surface area (Å²) in [5, 5.41) is 22.0. The fourth-order valence-corrected chi connectivity index (χ4v) is 5.38. The summed E-state index contributed by atoms with van der Waals surface area (Å²) < 4.78 is 6.68. The molecule has 0 radical (unpaired) electrons. The highest BCUT2D eigenvalue weighted by Crippen LogP contribution is 2.24. The normalized spacial score (nSPS) is 13.5. The van der Waals surface area contributed by atoms with Gasteiger partial charge in [0.25, 0.3) is 0 Å². The Bertz CT molecular complexity index is 1870. The summed E-state index contributed by atoms with van der Waals surface area (Å²) in [6.07, 6.45) is 4.34. The van der Waals surface area contributed by atoms with Gasteiger partial charge in [0.15, 0.2) is 0 Å². The summed E-state index contributed by atoms with van der Waals surface area (Å²) in [5.74, 6) is -3.30. The average Bonchev–Trinajstić information content (AvgIpc) is 3.63. The van der Waals surface area contributed by atoms with Crippen LogP contribution in [0.4, 0.5) is 21.9 Å². The van der Waals surface area contributed by atoms with Crippen LogP contribution in [-0.2, 0) is 25.5 Å². The van der Waals surface area contributed by atoms with E-state index >= 15 is 0 Å². The molecule has 4 aromatic rings. The van der Waals surface area contributed by atoms with Crippen molar-refractivity contribution in [2.45, 2.75) is 58.1 Å². The number of urea groups is 1. The van der Waals surface area contributed by atoms with Gasteiger partial charge >= 0.3 is 23.8 Å². The van der Waals surface area contributed by atoms with Crippen LogP contribution in [0, 0.1) is 0 Å². The largest absolute Gasteiger partial charge is 0.456 e. The first-order valence-electron chi connectivity index (χ1n) is 16.3. The highest BCUT2D eigenvalue weighted by atomic mass is 35.5. The molecular formula is C35H38ClN9O6. The van der Waals surface area contributed by atoms with Crippen molar-refractivity contribution in [3.63, 3.8) is 0 Å². The third-order valence-electron chi connectivity index (χ3n) is 7.71. The Balaban J connectivity index is 1.30. The van der Waals surface area contributed by atoms with Crippen LogP contribution in [0.25, 0.3) is 5.69 Å². The van der Waals surface area contributed by atoms with E-state index < -0.39 is 35.3 Å². The third-order valence-corrected chi connectivity index (χ3v) is 7.94. The lowest BCUT2D eigenvalue weighted by Gasteiger charge is -2.26. The molecule has 266 valence electrons. The Morgan fingerprint density at radius 1 is 0.843 bits per heavy atom. The van der Waals surface area contributed by atoms with Crippen molar-refractivity contribution in [2.24, 2.45) is 0 Å². The van der Waals surface area contributed by atoms with Crippen molar-refractivity contribution >= 4 is 58.4 Å². The molecule has 0 spiro atoms. The van der Waals surface area contributed by atoms with E-state index in [1.165, 1.54) is 41.3 Å². The van der Waals surface area contributed by atoms with Crippen LogP contribution >= 0.6 is 11.6 Å². The molecule has 1 aromatic heterocycles. The predicted molar refractivity (Wildman–Crippen MR) is 190 cm³/mol. The number of amides is 5. The van der Waals surface area contributed by atoms with Crippen molar-refractivity contribution in [2.75, 3.05) is 29.0 Å². The Morgan fingerprint density at radius 2 is 1.51 bits per heavy atom. The topological polar surface area (TPSA) is 190 Å². The maximum Gasteiger partial charge on any atom is 0.338 e. The number of piperidine rings is 1. The van der Waals surface area contributed by atoms with Crippen molar-refractivity contribution < 1.29 is 28.7 Å². The van der Waals surface area contributed by atoms with E-state index in [1.54, 1.807) is 62.1 Å². The van der Waals surface area contributed by atoms with Crippen molar-refractivity contribution in [3.05, 3.63) is 89.2 Å². The molecule has 0 bridgehead atoms. The second-order valence-electron chi connectivity index (χ2n) is 12.8. The number of rotatable bonds is 9. The monoisotopic (exact) mass is 715 g/mol. The highest BCUT2D eigenvalue weighted by molar-refractivity contribution is 6.40. The zero-order valence-electron chi connectivity index (χ0n) is 28.3. The molecule has 5 amide bonds. The first-order valence-corrected chi connectivity index (χ1v) is 16.7. The molecule has 1 saturated heterocycles. The molecule has 1 unspecified atom stereocenters. The van der Waals surface area contributed by atoms with Crippen LogP contribution in [0.2, 0.25) is 5.02 Å². The van der Waals surface area contributed by atoms with Crippen LogP contribution in [-0.4, -0.2) is 79.6 Å². The van der Waals surface area contributed by atoms with Gasteiger partial charge in [-0.25, -0.2) is 9.59 Å². The molecule has 1 atom stereocenters. The van der Waals surface area contributed by atoms with E-state index in [1.807, 2.05) is 0 Å². The molecule has 3 aromatic carbocycles. The predicted octanol–water partition coefficient (Wildman–Crippen LogP) is 4.59. The number of benzene rings is 3. The number of ether oxygens (including phenoxy) is 1. The summed E-state index contributed by atoms with van der Waals surface area (Å²) in [7, 11) is 0. The number of nitrogens with zero attached hydrogens (tertiary/aromatic N) is 5. The molecular weight excluding hydrogens is 678 g/mol. The summed E-state index contributed by atoms with van der Waals surface area (Å²) in [5.41, 5.74) is 1.67. The number of anilines is 3. The summed E-state index contributed by atoms with van der Waals surface area (Å²) >= 11 is 6.15. The van der Waals surface area contributed by atoms with Gasteiger partial charge in [-0.3, -0.25) is 14.4 Å². The first kappa shape index (κ1) is 36.5. The standard InChI is InChI=1S/C35H38ClN9O6/c1-35(2,3)51-33(49)23-9-14-25(15-10-23)38-30(46)28(19-22-7-12-26(13-8-22)39-34(50)44-17-5-4-6-18-44)41-32(48)31(47)40-27-20-24(36)11-16-29(27)45-21-37-42-43-45/h7-16,20-21,28H,4-6,17-19H2,1-3H3,(H,38,46)(H,39,50)(H,40,47)(H,41,48). The molecule has 0 aliphatic carbocycles. The fraction of sp³-hybridized carbons (Fsp3) is 0.314. The van der Waals surface area contributed by atoms with E-state index in [2.05, 4.69) is 36.8 Å². The lowest BCUT2D eigenvalue weighted by atomic mass is 10.0. The molecule has 0 saturated carbocycles. The van der Waals surface area contributed by atoms with Crippen molar-refractivity contribution in [1.29, 1.82) is 0 Å². The minimum absolute atomic E-state index is 0.00572. The van der Waals surface area contributed by atoms with Gasteiger partial charge in [-0.05, 0) is 111 Å². The molecule has 1 aliphatic heterocycles. The second-order valence-corrected chi connectivity index (χ2v) is 13.3. The Kier molecular flexibility index (Phi) is 11.6. The van der Waals surface area contributed by atoms with E-state index in [4.69, 9.17) is 16.3 Å². The minimum atomic E-state index is -1.22. The number of carbonyl (C=O) groups is 5. The summed E-state index contributed by atoms with van der Waals surface area (Å²) in [6.45, 7) is 6.68. The van der Waals surface area contributed by atoms with Crippen LogP contribution in [0.5, 0.6) is 0 Å². The van der Waals surface area contributed by atoms with Gasteiger partial charge < -0.3 is 30.9 Å². The van der Waals surface area contributed by atoms with Crippen LogP contribution < -0.4 is 21.3 Å². The molecule has 51 heavy (non-hydrogen) atoms. The summed E-state index contributed by atoms with van der Waals surface area (Å²) in [4.78, 5) is 66.9. The molecule has 4 N–H and O–H groups in total. The number of hydrogen-bond donors (Lipinski definition) is 4. The van der Waals surface area contributed by atoms with E-state index in [-0.39, 0.29) is 23.2 Å². The molecule has 1 aliphatic rings. The number of halogens is 1. The third kappa shape index (κ3) is 10.3. The Hall–Kier alpha value is -5.83. The lowest BCUT2D eigenvalue weighted by molar-refractivity contribution is -0.137. The second kappa shape index (κ2) is 16.3. The number of carbonyl (C=O) groups excluding carboxylic acids is 5. The van der Waals surface area contributed by atoms with Crippen molar-refractivity contribution in [3.8, 4) is 5.69 Å². The van der Waals surface area contributed by atoms with Crippen molar-refractivity contribution in [1.82, 2.24) is 30.4 Å². The van der Waals surface area contributed by atoms with Crippen LogP contribution in [0.1, 0.15) is 56.0 Å². The van der Waals surface area contributed by atoms with Crippen LogP contribution in [0.15, 0.2) is 73.1 Å². The van der Waals surface area contributed by atoms with E-state index in [9.17, 15) is 24.0 Å². The lowest BCUT2D eigenvalue weighted by Crippen LogP contribution is -2.49. The Labute approximate surface area is 299 Å². The Morgan fingerprint density at radius 3 is 2.16 bits per heavy atom. The number of aromatic nitrogens is 4. The number of hydrogen-bond acceptors (Lipinski definition) is 9. The molecule has 1 fully saturated rings. The number of likely N-dealkylation sites (tertiary alicyclic amines) is 1. The highest BCUT2D eigenvalue weighted by Gasteiger charge is 2.26. The van der Waals surface area contributed by atoms with E-state index in [0.717, 1.165) is 19.3 Å². The minimum Gasteiger partial charge on any atom is -0.456 e. The quantitative estimate of drug-likeness (QED) is 0.142. The number of esters is 1. The maximum absolute atomic E-state index is 13.6. The first-order chi connectivity index (χ1) is 24.3. The van der Waals surface area contributed by atoms with Gasteiger partial charge in [-0.2, -0.15) is 4.68 Å². The van der Waals surface area contributed by atoms with Gasteiger partial charge in [0.05, 0.1) is 16.9 Å². The van der Waals surface area contributed by atoms with Gasteiger partial charge in [0.1, 0.15) is 18.0 Å². The SMILES string of the molecule is CC(C)(C)OC(=O)c1ccc(NC(=O)C(Cc2ccc(NC(=O)N3CCCCC3)cc2)NC(=O)C(=O)Nc2cc(Cl)ccc2-n2cnnn2)cc1. The molecule has 16 heteroatoms. The number of nitrogens with one attached hydrogen (secondary N) is 4. The molecule has 5 rings (SSSR count). The molecule has 2 heterocycles. The zero-order valence-corrected chi connectivity index (χ0v) is 29.1. The number of tetrazole rings is 1. The zero-order chi connectivity index (χ0) is 36.5. The van der Waals surface area contributed by atoms with Gasteiger partial charge in [-0.15, -0.1) is 5.10 Å². The van der Waals surface area contributed by atoms with E-state index in [0.29, 0.717) is 41.3 Å². The van der Waals surface area contributed by atoms with Gasteiger partial charge in [0.2, 0.25) is 5.91 Å². The molecule has 15 nitrogen and oxygen atoms in total. The summed E-state index contributed by atoms with van der Waals surface area (Å²) in [6, 6.07) is 16.1. The smallest absolute Gasteiger partial charge is 0.338 e. The van der Waals surface area contributed by atoms with Gasteiger partial charge in [-0.1, -0.05) is 23.7 Å².